The summed E-state index contributed by atoms with van der Waals surface area (Å²) >= 11 is 0. The quantitative estimate of drug-likeness (QED) is 0.345. The molecule has 2 nitrogen and oxygen atoms in total. The van der Waals surface area contributed by atoms with Crippen LogP contribution in [0.1, 0.15) is 65.2 Å². The number of nitrogens with one attached hydrogen (secondary N) is 1. The summed E-state index contributed by atoms with van der Waals surface area (Å²) in [4.78, 5) is 0. The number of hydrazine groups is 1. The lowest BCUT2D eigenvalue weighted by Crippen LogP contribution is -2.22. The molecule has 0 saturated carbocycles. The van der Waals surface area contributed by atoms with Gasteiger partial charge in [0, 0.05) is 6.54 Å². The summed E-state index contributed by atoms with van der Waals surface area (Å²) in [7, 11) is 0. The van der Waals surface area contributed by atoms with E-state index in [2.05, 4.69) is 19.3 Å². The van der Waals surface area contributed by atoms with E-state index in [1.165, 1.54) is 51.4 Å². The fourth-order valence-corrected chi connectivity index (χ4v) is 1.66. The normalized spacial score (nSPS) is 10.4. The Morgan fingerprint density at radius 3 is 1.80 bits per heavy atom. The largest absolute Gasteiger partial charge is 0.271 e. The maximum absolute atomic E-state index is 5.19. The van der Waals surface area contributed by atoms with Gasteiger partial charge in [0.15, 0.2) is 0 Å². The molecule has 0 aliphatic carbocycles. The number of nitrogens with two attached hydrogens (primary N) is 1. The van der Waals surface area contributed by atoms with Gasteiger partial charge in [0.2, 0.25) is 0 Å². The van der Waals surface area contributed by atoms with Crippen molar-refractivity contribution in [2.24, 2.45) is 11.8 Å². The van der Waals surface area contributed by atoms with E-state index in [0.29, 0.717) is 0 Å². The van der Waals surface area contributed by atoms with E-state index in [9.17, 15) is 0 Å². The molecule has 0 aromatic carbocycles. The van der Waals surface area contributed by atoms with Crippen molar-refractivity contribution >= 4 is 12.4 Å². The molecule has 0 rings (SSSR count). The van der Waals surface area contributed by atoms with Gasteiger partial charge in [-0.2, -0.15) is 0 Å². The van der Waals surface area contributed by atoms with E-state index >= 15 is 0 Å². The first kappa shape index (κ1) is 17.6. The first-order chi connectivity index (χ1) is 6.77. The summed E-state index contributed by atoms with van der Waals surface area (Å²) < 4.78 is 0. The van der Waals surface area contributed by atoms with Gasteiger partial charge >= 0.3 is 0 Å². The summed E-state index contributed by atoms with van der Waals surface area (Å²) in [6.45, 7) is 5.58. The molecule has 0 aliphatic rings. The number of unbranched alkanes of at least 4 members (excludes halogenated alkanes) is 6. The predicted molar refractivity (Wildman–Crippen MR) is 71.2 cm³/mol. The fraction of sp³-hybridized carbons (Fsp3) is 1.00. The molecule has 0 aromatic rings. The minimum Gasteiger partial charge on any atom is -0.271 e. The van der Waals surface area contributed by atoms with Gasteiger partial charge in [0.05, 0.1) is 0 Å². The van der Waals surface area contributed by atoms with Gasteiger partial charge in [0.1, 0.15) is 0 Å². The van der Waals surface area contributed by atoms with Crippen LogP contribution in [0, 0.1) is 5.92 Å². The molecule has 0 unspecified atom stereocenters. The lowest BCUT2D eigenvalue weighted by Gasteiger charge is -2.04. The van der Waals surface area contributed by atoms with Crippen molar-refractivity contribution in [3.8, 4) is 0 Å². The van der Waals surface area contributed by atoms with Gasteiger partial charge in [0.25, 0.3) is 0 Å². The highest BCUT2D eigenvalue weighted by Gasteiger charge is 1.94. The average Bonchev–Trinajstić information content (AvgIpc) is 2.15. The van der Waals surface area contributed by atoms with Crippen molar-refractivity contribution in [2.75, 3.05) is 6.54 Å². The monoisotopic (exact) mass is 236 g/mol. The summed E-state index contributed by atoms with van der Waals surface area (Å²) in [5, 5.41) is 0. The van der Waals surface area contributed by atoms with Crippen LogP contribution in [0.25, 0.3) is 0 Å². The van der Waals surface area contributed by atoms with Crippen LogP contribution in [0.15, 0.2) is 0 Å². The van der Waals surface area contributed by atoms with Gasteiger partial charge in [-0.05, 0) is 12.3 Å². The SMILES string of the molecule is CC(C)CCCCCCCCCNN.Cl. The first-order valence-electron chi connectivity index (χ1n) is 6.21. The maximum atomic E-state index is 5.19. The van der Waals surface area contributed by atoms with Crippen LogP contribution in [0.3, 0.4) is 0 Å². The molecule has 3 N–H and O–H groups in total. The van der Waals surface area contributed by atoms with E-state index < -0.39 is 0 Å². The summed E-state index contributed by atoms with van der Waals surface area (Å²) in [6.07, 6.45) is 11.0. The standard InChI is InChI=1S/C12H28N2.ClH/c1-12(2)10-8-6-4-3-5-7-9-11-14-13;/h12,14H,3-11,13H2,1-2H3;1H. The topological polar surface area (TPSA) is 38.0 Å². The van der Waals surface area contributed by atoms with Gasteiger partial charge < -0.3 is 0 Å². The maximum Gasteiger partial charge on any atom is 0.00974 e. The Labute approximate surface area is 102 Å². The van der Waals surface area contributed by atoms with E-state index in [4.69, 9.17) is 5.84 Å². The van der Waals surface area contributed by atoms with E-state index in [-0.39, 0.29) is 12.4 Å². The van der Waals surface area contributed by atoms with Gasteiger partial charge in [-0.15, -0.1) is 12.4 Å². The molecule has 0 amide bonds. The molecule has 0 aliphatic heterocycles. The second kappa shape index (κ2) is 14.2. The highest BCUT2D eigenvalue weighted by Crippen LogP contribution is 2.11. The molecule has 15 heavy (non-hydrogen) atoms. The van der Waals surface area contributed by atoms with Crippen LogP contribution in [0.4, 0.5) is 0 Å². The third-order valence-corrected chi connectivity index (χ3v) is 2.60. The molecular formula is C12H29ClN2. The average molecular weight is 237 g/mol. The van der Waals surface area contributed by atoms with E-state index in [1.54, 1.807) is 0 Å². The number of hydrogen-bond acceptors (Lipinski definition) is 2. The Morgan fingerprint density at radius 2 is 1.33 bits per heavy atom. The zero-order valence-electron chi connectivity index (χ0n) is 10.4. The van der Waals surface area contributed by atoms with Crippen molar-refractivity contribution < 1.29 is 0 Å². The molecule has 94 valence electrons. The Kier molecular flexibility index (Phi) is 16.7. The van der Waals surface area contributed by atoms with Crippen molar-refractivity contribution in [1.82, 2.24) is 5.43 Å². The third kappa shape index (κ3) is 16.9. The predicted octanol–water partition coefficient (Wildman–Crippen LogP) is 3.65. The lowest BCUT2D eigenvalue weighted by atomic mass is 10.0. The summed E-state index contributed by atoms with van der Waals surface area (Å²) in [5.41, 5.74) is 2.69. The van der Waals surface area contributed by atoms with Crippen molar-refractivity contribution in [1.29, 1.82) is 0 Å². The summed E-state index contributed by atoms with van der Waals surface area (Å²) in [5.74, 6) is 6.07. The Bertz CT molecular complexity index is 108. The Balaban J connectivity index is 0. The minimum atomic E-state index is 0. The fourth-order valence-electron chi connectivity index (χ4n) is 1.66. The number of rotatable bonds is 10. The van der Waals surface area contributed by atoms with E-state index in [1.807, 2.05) is 0 Å². The van der Waals surface area contributed by atoms with Crippen LogP contribution in [-0.4, -0.2) is 6.54 Å². The van der Waals surface area contributed by atoms with Crippen molar-refractivity contribution in [2.45, 2.75) is 65.2 Å². The van der Waals surface area contributed by atoms with Crippen LogP contribution < -0.4 is 11.3 Å². The molecule has 0 heterocycles. The smallest absolute Gasteiger partial charge is 0.00974 e. The number of hydrogen-bond donors (Lipinski definition) is 2. The molecule has 3 heteroatoms. The van der Waals surface area contributed by atoms with Crippen LogP contribution in [-0.2, 0) is 0 Å². The second-order valence-corrected chi connectivity index (χ2v) is 4.61. The van der Waals surface area contributed by atoms with Gasteiger partial charge in [-0.1, -0.05) is 58.8 Å². The number of halogens is 1. The molecule has 0 fully saturated rings. The van der Waals surface area contributed by atoms with Crippen molar-refractivity contribution in [3.05, 3.63) is 0 Å². The Morgan fingerprint density at radius 1 is 0.867 bits per heavy atom. The highest BCUT2D eigenvalue weighted by atomic mass is 35.5. The minimum absolute atomic E-state index is 0. The van der Waals surface area contributed by atoms with Gasteiger partial charge in [-0.25, -0.2) is 0 Å². The Hall–Kier alpha value is 0.210. The first-order valence-corrected chi connectivity index (χ1v) is 6.21. The molecular weight excluding hydrogens is 208 g/mol. The molecule has 0 saturated heterocycles. The molecule has 0 atom stereocenters. The third-order valence-electron chi connectivity index (χ3n) is 2.60. The van der Waals surface area contributed by atoms with Crippen LogP contribution in [0.2, 0.25) is 0 Å². The highest BCUT2D eigenvalue weighted by molar-refractivity contribution is 5.85. The molecule has 0 spiro atoms. The second-order valence-electron chi connectivity index (χ2n) is 4.61. The molecule has 0 bridgehead atoms. The van der Waals surface area contributed by atoms with E-state index in [0.717, 1.165) is 12.5 Å². The zero-order valence-corrected chi connectivity index (χ0v) is 11.2. The molecule has 0 aromatic heterocycles. The zero-order chi connectivity index (χ0) is 10.6. The molecule has 0 radical (unpaired) electrons. The summed E-state index contributed by atoms with van der Waals surface area (Å²) in [6, 6.07) is 0. The lowest BCUT2D eigenvalue weighted by molar-refractivity contribution is 0.507. The van der Waals surface area contributed by atoms with Crippen molar-refractivity contribution in [3.63, 3.8) is 0 Å². The van der Waals surface area contributed by atoms with Gasteiger partial charge in [-0.3, -0.25) is 11.3 Å². The van der Waals surface area contributed by atoms with Crippen LogP contribution in [0.5, 0.6) is 0 Å². The van der Waals surface area contributed by atoms with Crippen LogP contribution >= 0.6 is 12.4 Å².